The second-order valence-corrected chi connectivity index (χ2v) is 4.33. The summed E-state index contributed by atoms with van der Waals surface area (Å²) in [6.07, 6.45) is 4.82. The maximum Gasteiger partial charge on any atom is 0.0594 e. The second-order valence-electron chi connectivity index (χ2n) is 4.33. The van der Waals surface area contributed by atoms with Crippen LogP contribution in [0, 0.1) is 0 Å². The lowest BCUT2D eigenvalue weighted by atomic mass is 9.94. The van der Waals surface area contributed by atoms with Crippen molar-refractivity contribution < 1.29 is 0 Å². The Bertz CT molecular complexity index is 479. The van der Waals surface area contributed by atoms with Crippen LogP contribution in [0.4, 0.5) is 0 Å². The van der Waals surface area contributed by atoms with E-state index in [-0.39, 0.29) is 6.04 Å². The first-order valence-electron chi connectivity index (χ1n) is 6.58. The van der Waals surface area contributed by atoms with Crippen molar-refractivity contribution in [2.75, 3.05) is 6.54 Å². The number of rotatable bonds is 5. The van der Waals surface area contributed by atoms with Crippen molar-refractivity contribution >= 4 is 0 Å². The van der Waals surface area contributed by atoms with E-state index in [2.05, 4.69) is 54.5 Å². The first-order chi connectivity index (χ1) is 8.86. The highest BCUT2D eigenvalue weighted by Crippen LogP contribution is 2.24. The van der Waals surface area contributed by atoms with Gasteiger partial charge in [-0.1, -0.05) is 44.2 Å². The summed E-state index contributed by atoms with van der Waals surface area (Å²) >= 11 is 0. The highest BCUT2D eigenvalue weighted by Gasteiger charge is 2.15. The third-order valence-electron chi connectivity index (χ3n) is 3.17. The Morgan fingerprint density at radius 1 is 1.11 bits per heavy atom. The van der Waals surface area contributed by atoms with Gasteiger partial charge < -0.3 is 5.32 Å². The zero-order chi connectivity index (χ0) is 12.8. The van der Waals surface area contributed by atoms with E-state index in [1.54, 1.807) is 0 Å². The van der Waals surface area contributed by atoms with E-state index in [0.29, 0.717) is 0 Å². The molecule has 1 heterocycles. The first-order valence-corrected chi connectivity index (χ1v) is 6.58. The fourth-order valence-corrected chi connectivity index (χ4v) is 2.30. The predicted octanol–water partition coefficient (Wildman–Crippen LogP) is 3.34. The van der Waals surface area contributed by atoms with E-state index >= 15 is 0 Å². The molecule has 0 fully saturated rings. The number of hydrogen-bond donors (Lipinski definition) is 1. The van der Waals surface area contributed by atoms with E-state index in [9.17, 15) is 0 Å². The molecule has 1 aromatic heterocycles. The van der Waals surface area contributed by atoms with Crippen molar-refractivity contribution in [3.05, 3.63) is 65.5 Å². The molecule has 1 unspecified atom stereocenters. The van der Waals surface area contributed by atoms with Crippen LogP contribution >= 0.6 is 0 Å². The topological polar surface area (TPSA) is 24.9 Å². The van der Waals surface area contributed by atoms with Gasteiger partial charge in [0.25, 0.3) is 0 Å². The van der Waals surface area contributed by atoms with Gasteiger partial charge in [-0.2, -0.15) is 0 Å². The summed E-state index contributed by atoms with van der Waals surface area (Å²) in [5, 5.41) is 3.55. The van der Waals surface area contributed by atoms with Gasteiger partial charge in [-0.15, -0.1) is 0 Å². The normalized spacial score (nSPS) is 12.3. The number of pyridine rings is 1. The Kier molecular flexibility index (Phi) is 4.48. The molecule has 18 heavy (non-hydrogen) atoms. The molecule has 2 nitrogen and oxygen atoms in total. The third-order valence-corrected chi connectivity index (χ3v) is 3.17. The smallest absolute Gasteiger partial charge is 0.0594 e. The van der Waals surface area contributed by atoms with E-state index in [1.165, 1.54) is 16.7 Å². The maximum absolute atomic E-state index is 4.23. The van der Waals surface area contributed by atoms with Gasteiger partial charge in [0.2, 0.25) is 0 Å². The summed E-state index contributed by atoms with van der Waals surface area (Å²) in [6.45, 7) is 5.28. The molecule has 0 aliphatic rings. The number of hydrogen-bond acceptors (Lipinski definition) is 2. The molecule has 2 rings (SSSR count). The number of nitrogens with one attached hydrogen (secondary N) is 1. The van der Waals surface area contributed by atoms with Crippen LogP contribution in [0.25, 0.3) is 0 Å². The molecule has 2 aromatic rings. The fraction of sp³-hybridized carbons (Fsp3) is 0.312. The summed E-state index contributed by atoms with van der Waals surface area (Å²) in [5.74, 6) is 0. The lowest BCUT2D eigenvalue weighted by Crippen LogP contribution is -2.23. The van der Waals surface area contributed by atoms with Crippen molar-refractivity contribution in [3.63, 3.8) is 0 Å². The largest absolute Gasteiger partial charge is 0.306 e. The minimum Gasteiger partial charge on any atom is -0.306 e. The van der Waals surface area contributed by atoms with Gasteiger partial charge in [0.15, 0.2) is 0 Å². The molecule has 0 aliphatic carbocycles. The number of aryl methyl sites for hydroxylation is 1. The van der Waals surface area contributed by atoms with E-state index in [1.807, 2.05) is 18.5 Å². The zero-order valence-electron chi connectivity index (χ0n) is 11.1. The van der Waals surface area contributed by atoms with Crippen molar-refractivity contribution in [3.8, 4) is 0 Å². The monoisotopic (exact) mass is 240 g/mol. The van der Waals surface area contributed by atoms with Crippen LogP contribution in [0.1, 0.15) is 36.6 Å². The zero-order valence-corrected chi connectivity index (χ0v) is 11.1. The van der Waals surface area contributed by atoms with Crippen molar-refractivity contribution in [2.45, 2.75) is 26.3 Å². The molecule has 0 aliphatic heterocycles. The van der Waals surface area contributed by atoms with Crippen LogP contribution in [0.2, 0.25) is 0 Å². The molecule has 0 bridgehead atoms. The van der Waals surface area contributed by atoms with Gasteiger partial charge in [0.05, 0.1) is 6.04 Å². The highest BCUT2D eigenvalue weighted by molar-refractivity contribution is 5.36. The van der Waals surface area contributed by atoms with Gasteiger partial charge in [0, 0.05) is 12.4 Å². The summed E-state index contributed by atoms with van der Waals surface area (Å²) in [7, 11) is 0. The lowest BCUT2D eigenvalue weighted by Gasteiger charge is -2.21. The van der Waals surface area contributed by atoms with Crippen LogP contribution in [0.15, 0.2) is 48.8 Å². The highest BCUT2D eigenvalue weighted by atomic mass is 14.9. The molecule has 0 spiro atoms. The van der Waals surface area contributed by atoms with Crippen molar-refractivity contribution in [1.29, 1.82) is 0 Å². The predicted molar refractivity (Wildman–Crippen MR) is 75.6 cm³/mol. The Hall–Kier alpha value is -1.67. The standard InChI is InChI=1S/C16H20N2/c1-3-13-8-5-6-10-15(13)16(18-4-2)14-9-7-11-17-12-14/h5-12,16,18H,3-4H2,1-2H3. The quantitative estimate of drug-likeness (QED) is 0.867. The Labute approximate surface area is 109 Å². The first kappa shape index (κ1) is 12.8. The molecule has 1 N–H and O–H groups in total. The molecular formula is C16H20N2. The SMILES string of the molecule is CCNC(c1cccnc1)c1ccccc1CC. The fourth-order valence-electron chi connectivity index (χ4n) is 2.30. The minimum atomic E-state index is 0.236. The molecule has 94 valence electrons. The Balaban J connectivity index is 2.41. The molecule has 0 radical (unpaired) electrons. The van der Waals surface area contributed by atoms with Crippen molar-refractivity contribution in [1.82, 2.24) is 10.3 Å². The molecule has 2 heteroatoms. The van der Waals surface area contributed by atoms with Crippen molar-refractivity contribution in [2.24, 2.45) is 0 Å². The maximum atomic E-state index is 4.23. The van der Waals surface area contributed by atoms with Crippen LogP contribution in [0.5, 0.6) is 0 Å². The molecule has 1 atom stereocenters. The Morgan fingerprint density at radius 3 is 2.61 bits per heavy atom. The minimum absolute atomic E-state index is 0.236. The average Bonchev–Trinajstić information content (AvgIpc) is 2.46. The molecule has 0 saturated carbocycles. The third kappa shape index (κ3) is 2.77. The summed E-state index contributed by atoms with van der Waals surface area (Å²) < 4.78 is 0. The van der Waals surface area contributed by atoms with E-state index in [0.717, 1.165) is 13.0 Å². The van der Waals surface area contributed by atoms with Crippen LogP contribution in [-0.4, -0.2) is 11.5 Å². The summed E-state index contributed by atoms with van der Waals surface area (Å²) in [6, 6.07) is 13.0. The number of aromatic nitrogens is 1. The summed E-state index contributed by atoms with van der Waals surface area (Å²) in [5.41, 5.74) is 3.97. The summed E-state index contributed by atoms with van der Waals surface area (Å²) in [4.78, 5) is 4.23. The molecule has 0 amide bonds. The van der Waals surface area contributed by atoms with Gasteiger partial charge in [-0.3, -0.25) is 4.98 Å². The molecule has 1 aromatic carbocycles. The van der Waals surface area contributed by atoms with Gasteiger partial charge in [-0.05, 0) is 35.7 Å². The van der Waals surface area contributed by atoms with E-state index < -0.39 is 0 Å². The Morgan fingerprint density at radius 2 is 1.94 bits per heavy atom. The number of nitrogens with zero attached hydrogens (tertiary/aromatic N) is 1. The van der Waals surface area contributed by atoms with Gasteiger partial charge in [0.1, 0.15) is 0 Å². The van der Waals surface area contributed by atoms with Crippen LogP contribution in [-0.2, 0) is 6.42 Å². The van der Waals surface area contributed by atoms with Gasteiger partial charge >= 0.3 is 0 Å². The molecular weight excluding hydrogens is 220 g/mol. The average molecular weight is 240 g/mol. The molecule has 0 saturated heterocycles. The van der Waals surface area contributed by atoms with E-state index in [4.69, 9.17) is 0 Å². The lowest BCUT2D eigenvalue weighted by molar-refractivity contribution is 0.623. The number of benzene rings is 1. The van der Waals surface area contributed by atoms with Crippen LogP contribution in [0.3, 0.4) is 0 Å². The second kappa shape index (κ2) is 6.31. The van der Waals surface area contributed by atoms with Crippen LogP contribution < -0.4 is 5.32 Å². The van der Waals surface area contributed by atoms with Gasteiger partial charge in [-0.25, -0.2) is 0 Å².